The number of hydrogen-bond donors (Lipinski definition) is 2. The van der Waals surface area contributed by atoms with Crippen LogP contribution in [0, 0.1) is 5.82 Å². The Labute approximate surface area is 146 Å². The Morgan fingerprint density at radius 1 is 1.20 bits per heavy atom. The van der Waals surface area contributed by atoms with Gasteiger partial charge < -0.3 is 15.4 Å². The summed E-state index contributed by atoms with van der Waals surface area (Å²) in [6, 6.07) is 15.7. The maximum Gasteiger partial charge on any atom is 0.319 e. The quantitative estimate of drug-likeness (QED) is 0.878. The van der Waals surface area contributed by atoms with Crippen molar-refractivity contribution in [3.63, 3.8) is 0 Å². The molecule has 0 saturated carbocycles. The van der Waals surface area contributed by atoms with Gasteiger partial charge in [0, 0.05) is 31.9 Å². The lowest BCUT2D eigenvalue weighted by molar-refractivity contribution is -0.0285. The van der Waals surface area contributed by atoms with Crippen LogP contribution in [-0.2, 0) is 11.3 Å². The van der Waals surface area contributed by atoms with E-state index in [1.165, 1.54) is 17.7 Å². The van der Waals surface area contributed by atoms with Gasteiger partial charge in [0.1, 0.15) is 5.82 Å². The fourth-order valence-corrected chi connectivity index (χ4v) is 2.84. The predicted octanol–water partition coefficient (Wildman–Crippen LogP) is 2.85. The van der Waals surface area contributed by atoms with Crippen molar-refractivity contribution in [3.05, 3.63) is 66.0 Å². The number of nitrogens with zero attached hydrogens (tertiary/aromatic N) is 1. The Hall–Kier alpha value is -2.44. The number of urea groups is 1. The summed E-state index contributed by atoms with van der Waals surface area (Å²) >= 11 is 0. The van der Waals surface area contributed by atoms with Crippen LogP contribution in [0.5, 0.6) is 0 Å². The van der Waals surface area contributed by atoms with Gasteiger partial charge in [0.25, 0.3) is 0 Å². The Morgan fingerprint density at radius 2 is 2.04 bits per heavy atom. The standard InChI is InChI=1S/C19H22FN3O2/c20-16-7-4-8-17(11-16)22-19(24)21-12-18-14-23(9-10-25-18)13-15-5-2-1-3-6-15/h1-8,11,18H,9-10,12-14H2,(H2,21,22,24). The molecular formula is C19H22FN3O2. The highest BCUT2D eigenvalue weighted by atomic mass is 19.1. The van der Waals surface area contributed by atoms with Gasteiger partial charge in [0.2, 0.25) is 0 Å². The van der Waals surface area contributed by atoms with Gasteiger partial charge in [0.05, 0.1) is 12.7 Å². The number of amides is 2. The molecular weight excluding hydrogens is 321 g/mol. The molecule has 0 aromatic heterocycles. The van der Waals surface area contributed by atoms with E-state index in [4.69, 9.17) is 4.74 Å². The first kappa shape index (κ1) is 17.4. The van der Waals surface area contributed by atoms with E-state index in [2.05, 4.69) is 27.7 Å². The Bertz CT molecular complexity index is 696. The molecule has 2 aromatic carbocycles. The van der Waals surface area contributed by atoms with Gasteiger partial charge in [-0.25, -0.2) is 9.18 Å². The van der Waals surface area contributed by atoms with Crippen LogP contribution in [0.15, 0.2) is 54.6 Å². The third-order valence-electron chi connectivity index (χ3n) is 4.04. The van der Waals surface area contributed by atoms with Gasteiger partial charge in [-0.3, -0.25) is 4.90 Å². The van der Waals surface area contributed by atoms with Crippen LogP contribution in [0.2, 0.25) is 0 Å². The smallest absolute Gasteiger partial charge is 0.319 e. The SMILES string of the molecule is O=C(NCC1CN(Cc2ccccc2)CCO1)Nc1cccc(F)c1. The minimum Gasteiger partial charge on any atom is -0.374 e. The van der Waals surface area contributed by atoms with Crippen LogP contribution in [0.25, 0.3) is 0 Å². The van der Waals surface area contributed by atoms with Crippen LogP contribution in [-0.4, -0.2) is 43.3 Å². The summed E-state index contributed by atoms with van der Waals surface area (Å²) in [6.07, 6.45) is -0.0595. The predicted molar refractivity (Wildman–Crippen MR) is 94.9 cm³/mol. The molecule has 0 aliphatic carbocycles. The van der Waals surface area contributed by atoms with Crippen LogP contribution >= 0.6 is 0 Å². The van der Waals surface area contributed by atoms with Gasteiger partial charge in [0.15, 0.2) is 0 Å². The molecule has 2 N–H and O–H groups in total. The summed E-state index contributed by atoms with van der Waals surface area (Å²) in [6.45, 7) is 3.56. The molecule has 0 bridgehead atoms. The topological polar surface area (TPSA) is 53.6 Å². The molecule has 3 rings (SSSR count). The average Bonchev–Trinajstić information content (AvgIpc) is 2.61. The molecule has 1 saturated heterocycles. The van der Waals surface area contributed by atoms with Crippen LogP contribution in [0.4, 0.5) is 14.9 Å². The minimum atomic E-state index is -0.384. The number of carbonyl (C=O) groups is 1. The highest BCUT2D eigenvalue weighted by molar-refractivity contribution is 5.89. The van der Waals surface area contributed by atoms with Crippen molar-refractivity contribution < 1.29 is 13.9 Å². The second kappa shape index (κ2) is 8.60. The molecule has 5 nitrogen and oxygen atoms in total. The lowest BCUT2D eigenvalue weighted by Gasteiger charge is -2.33. The molecule has 132 valence electrons. The van der Waals surface area contributed by atoms with Crippen molar-refractivity contribution in [2.24, 2.45) is 0 Å². The first-order chi connectivity index (χ1) is 12.2. The summed E-state index contributed by atoms with van der Waals surface area (Å²) in [5.74, 6) is -0.384. The Kier molecular flexibility index (Phi) is 5.98. The zero-order chi connectivity index (χ0) is 17.5. The first-order valence-corrected chi connectivity index (χ1v) is 8.37. The molecule has 1 fully saturated rings. The highest BCUT2D eigenvalue weighted by Crippen LogP contribution is 2.11. The lowest BCUT2D eigenvalue weighted by Crippen LogP contribution is -2.47. The van der Waals surface area contributed by atoms with Gasteiger partial charge in [-0.15, -0.1) is 0 Å². The van der Waals surface area contributed by atoms with Gasteiger partial charge in [-0.1, -0.05) is 36.4 Å². The van der Waals surface area contributed by atoms with E-state index in [-0.39, 0.29) is 18.0 Å². The van der Waals surface area contributed by atoms with E-state index < -0.39 is 0 Å². The number of ether oxygens (including phenoxy) is 1. The monoisotopic (exact) mass is 343 g/mol. The zero-order valence-electron chi connectivity index (χ0n) is 14.0. The van der Waals surface area contributed by atoms with Crippen molar-refractivity contribution >= 4 is 11.7 Å². The molecule has 25 heavy (non-hydrogen) atoms. The lowest BCUT2D eigenvalue weighted by atomic mass is 10.2. The average molecular weight is 343 g/mol. The number of halogens is 1. The number of anilines is 1. The molecule has 1 heterocycles. The van der Waals surface area contributed by atoms with Gasteiger partial charge >= 0.3 is 6.03 Å². The Balaban J connectivity index is 1.44. The maximum atomic E-state index is 13.1. The summed E-state index contributed by atoms with van der Waals surface area (Å²) < 4.78 is 18.8. The zero-order valence-corrected chi connectivity index (χ0v) is 14.0. The fraction of sp³-hybridized carbons (Fsp3) is 0.316. The van der Waals surface area contributed by atoms with E-state index in [0.29, 0.717) is 18.8 Å². The molecule has 1 aliphatic heterocycles. The summed E-state index contributed by atoms with van der Waals surface area (Å²) in [7, 11) is 0. The number of morpholine rings is 1. The number of rotatable bonds is 5. The molecule has 6 heteroatoms. The highest BCUT2D eigenvalue weighted by Gasteiger charge is 2.21. The van der Waals surface area contributed by atoms with Gasteiger partial charge in [-0.05, 0) is 23.8 Å². The van der Waals surface area contributed by atoms with Crippen molar-refractivity contribution in [2.75, 3.05) is 31.6 Å². The van der Waals surface area contributed by atoms with Crippen LogP contribution < -0.4 is 10.6 Å². The van der Waals surface area contributed by atoms with Crippen molar-refractivity contribution in [2.45, 2.75) is 12.6 Å². The number of hydrogen-bond acceptors (Lipinski definition) is 3. The molecule has 1 aliphatic rings. The Morgan fingerprint density at radius 3 is 2.84 bits per heavy atom. The first-order valence-electron chi connectivity index (χ1n) is 8.37. The van der Waals surface area contributed by atoms with E-state index in [1.807, 2.05) is 18.2 Å². The molecule has 2 aromatic rings. The number of nitrogens with one attached hydrogen (secondary N) is 2. The van der Waals surface area contributed by atoms with Crippen LogP contribution in [0.1, 0.15) is 5.56 Å². The molecule has 1 unspecified atom stereocenters. The largest absolute Gasteiger partial charge is 0.374 e. The van der Waals surface area contributed by atoms with Crippen molar-refractivity contribution in [1.29, 1.82) is 0 Å². The van der Waals surface area contributed by atoms with Crippen LogP contribution in [0.3, 0.4) is 0 Å². The van der Waals surface area contributed by atoms with E-state index >= 15 is 0 Å². The van der Waals surface area contributed by atoms with Gasteiger partial charge in [-0.2, -0.15) is 0 Å². The molecule has 0 radical (unpaired) electrons. The minimum absolute atomic E-state index is 0.0595. The van der Waals surface area contributed by atoms with E-state index in [1.54, 1.807) is 12.1 Å². The maximum absolute atomic E-state index is 13.1. The van der Waals surface area contributed by atoms with Crippen molar-refractivity contribution in [3.8, 4) is 0 Å². The summed E-state index contributed by atoms with van der Waals surface area (Å²) in [5, 5.41) is 5.39. The molecule has 2 amide bonds. The normalized spacial score (nSPS) is 17.9. The van der Waals surface area contributed by atoms with Crippen molar-refractivity contribution in [1.82, 2.24) is 10.2 Å². The van der Waals surface area contributed by atoms with E-state index in [0.717, 1.165) is 19.6 Å². The third-order valence-corrected chi connectivity index (χ3v) is 4.04. The number of benzene rings is 2. The fourth-order valence-electron chi connectivity index (χ4n) is 2.84. The second-order valence-corrected chi connectivity index (χ2v) is 6.06. The summed E-state index contributed by atoms with van der Waals surface area (Å²) in [4.78, 5) is 14.2. The second-order valence-electron chi connectivity index (χ2n) is 6.06. The number of carbonyl (C=O) groups excluding carboxylic acids is 1. The van der Waals surface area contributed by atoms with E-state index in [9.17, 15) is 9.18 Å². The summed E-state index contributed by atoms with van der Waals surface area (Å²) in [5.41, 5.74) is 1.69. The molecule has 1 atom stereocenters. The molecule has 0 spiro atoms. The third kappa shape index (κ3) is 5.55.